The van der Waals surface area contributed by atoms with Crippen LogP contribution < -0.4 is 10.1 Å². The summed E-state index contributed by atoms with van der Waals surface area (Å²) < 4.78 is 4.91. The molecule has 1 aromatic rings. The molecule has 124 valence electrons. The summed E-state index contributed by atoms with van der Waals surface area (Å²) in [6.07, 6.45) is 10.6. The van der Waals surface area contributed by atoms with Crippen LogP contribution in [0.25, 0.3) is 0 Å². The Morgan fingerprint density at radius 3 is 2.43 bits per heavy atom. The number of aryl methyl sites for hydroxylation is 1. The number of allylic oxidation sites excluding steroid dienone is 5. The lowest BCUT2D eigenvalue weighted by Crippen LogP contribution is -2.02. The average molecular weight is 313 g/mol. The third-order valence-corrected chi connectivity index (χ3v) is 2.91. The summed E-state index contributed by atoms with van der Waals surface area (Å²) in [7, 11) is 1.93. The zero-order valence-corrected chi connectivity index (χ0v) is 14.5. The number of carbonyl (C=O) groups is 1. The molecule has 0 saturated heterocycles. The first-order chi connectivity index (χ1) is 11.0. The molecule has 0 amide bonds. The van der Waals surface area contributed by atoms with Crippen LogP contribution in [0, 0.1) is 12.8 Å². The van der Waals surface area contributed by atoms with Crippen LogP contribution in [0.2, 0.25) is 0 Å². The third kappa shape index (κ3) is 9.14. The Balaban J connectivity index is 0.000000381. The summed E-state index contributed by atoms with van der Waals surface area (Å²) in [5.74, 6) is 0.918. The Hall–Kier alpha value is -2.55. The van der Waals surface area contributed by atoms with E-state index in [1.54, 1.807) is 6.07 Å². The number of carbonyl (C=O) groups excluding carboxylic acids is 1. The molecule has 0 aromatic heterocycles. The number of para-hydroxylation sites is 1. The van der Waals surface area contributed by atoms with Gasteiger partial charge in [-0.1, -0.05) is 43.4 Å². The van der Waals surface area contributed by atoms with E-state index in [9.17, 15) is 4.79 Å². The van der Waals surface area contributed by atoms with Crippen LogP contribution in [-0.2, 0) is 4.79 Å². The summed E-state index contributed by atoms with van der Waals surface area (Å²) in [6.45, 7) is 11.5. The summed E-state index contributed by atoms with van der Waals surface area (Å²) in [4.78, 5) is 10.5. The van der Waals surface area contributed by atoms with Crippen LogP contribution >= 0.6 is 0 Å². The molecule has 0 saturated carbocycles. The van der Waals surface area contributed by atoms with Gasteiger partial charge in [0.1, 0.15) is 5.75 Å². The zero-order chi connectivity index (χ0) is 17.7. The topological polar surface area (TPSA) is 38.3 Å². The quantitative estimate of drug-likeness (QED) is 0.493. The fourth-order valence-corrected chi connectivity index (χ4v) is 1.70. The second-order valence-corrected chi connectivity index (χ2v) is 4.83. The van der Waals surface area contributed by atoms with Crippen LogP contribution in [0.1, 0.15) is 19.4 Å². The van der Waals surface area contributed by atoms with Gasteiger partial charge in [-0.05, 0) is 36.6 Å². The summed E-state index contributed by atoms with van der Waals surface area (Å²) in [5, 5.41) is 3.09. The number of ether oxygens (including phenoxy) is 1. The molecule has 1 unspecified atom stereocenters. The molecule has 0 fully saturated rings. The second-order valence-electron chi connectivity index (χ2n) is 4.83. The maximum Gasteiger partial charge on any atom is 0.308 e. The molecule has 0 heterocycles. The molecule has 0 aliphatic heterocycles. The van der Waals surface area contributed by atoms with Crippen molar-refractivity contribution in [1.82, 2.24) is 5.32 Å². The van der Waals surface area contributed by atoms with Crippen molar-refractivity contribution < 1.29 is 9.53 Å². The Kier molecular flexibility index (Phi) is 10.7. The number of benzene rings is 1. The Labute approximate surface area is 140 Å². The molecule has 3 nitrogen and oxygen atoms in total. The van der Waals surface area contributed by atoms with Gasteiger partial charge in [-0.15, -0.1) is 13.2 Å². The molecule has 0 radical (unpaired) electrons. The van der Waals surface area contributed by atoms with Crippen molar-refractivity contribution >= 4 is 5.97 Å². The SMILES string of the molecule is C=C.CC(=O)Oc1ccccc1C.CNC1=CC=CC(C)C=C1. The molecular formula is C20H27NO2. The van der Waals surface area contributed by atoms with Gasteiger partial charge in [-0.2, -0.15) is 0 Å². The van der Waals surface area contributed by atoms with Gasteiger partial charge in [-0.3, -0.25) is 4.79 Å². The van der Waals surface area contributed by atoms with Crippen molar-refractivity contribution in [2.45, 2.75) is 20.8 Å². The smallest absolute Gasteiger partial charge is 0.308 e. The summed E-state index contributed by atoms with van der Waals surface area (Å²) >= 11 is 0. The van der Waals surface area contributed by atoms with E-state index in [-0.39, 0.29) is 5.97 Å². The highest BCUT2D eigenvalue weighted by Crippen LogP contribution is 2.15. The van der Waals surface area contributed by atoms with E-state index < -0.39 is 0 Å². The van der Waals surface area contributed by atoms with E-state index in [4.69, 9.17) is 4.74 Å². The molecule has 0 spiro atoms. The molecule has 1 aliphatic rings. The first-order valence-corrected chi connectivity index (χ1v) is 7.51. The average Bonchev–Trinajstić information content (AvgIpc) is 2.76. The van der Waals surface area contributed by atoms with Crippen LogP contribution in [-0.4, -0.2) is 13.0 Å². The number of esters is 1. The van der Waals surface area contributed by atoms with Gasteiger partial charge in [-0.25, -0.2) is 0 Å². The number of hydrogen-bond acceptors (Lipinski definition) is 3. The minimum absolute atomic E-state index is 0.278. The predicted molar refractivity (Wildman–Crippen MR) is 98.3 cm³/mol. The summed E-state index contributed by atoms with van der Waals surface area (Å²) in [5.41, 5.74) is 2.14. The number of rotatable bonds is 2. The van der Waals surface area contributed by atoms with Crippen molar-refractivity contribution in [3.8, 4) is 5.75 Å². The Bertz CT molecular complexity index is 571. The highest BCUT2D eigenvalue weighted by molar-refractivity contribution is 5.69. The van der Waals surface area contributed by atoms with Gasteiger partial charge in [0.25, 0.3) is 0 Å². The molecule has 3 heteroatoms. The molecule has 1 aromatic carbocycles. The van der Waals surface area contributed by atoms with E-state index in [0.29, 0.717) is 11.7 Å². The molecule has 1 N–H and O–H groups in total. The lowest BCUT2D eigenvalue weighted by atomic mass is 10.2. The van der Waals surface area contributed by atoms with Crippen molar-refractivity contribution in [3.63, 3.8) is 0 Å². The van der Waals surface area contributed by atoms with Crippen molar-refractivity contribution in [1.29, 1.82) is 0 Å². The minimum atomic E-state index is -0.278. The van der Waals surface area contributed by atoms with Crippen LogP contribution in [0.15, 0.2) is 73.5 Å². The van der Waals surface area contributed by atoms with E-state index in [0.717, 1.165) is 5.56 Å². The minimum Gasteiger partial charge on any atom is -0.426 e. The number of likely N-dealkylation sites (N-methyl/N-ethyl adjacent to an activating group) is 1. The predicted octanol–water partition coefficient (Wildman–Crippen LogP) is 4.57. The largest absolute Gasteiger partial charge is 0.426 e. The van der Waals surface area contributed by atoms with Gasteiger partial charge in [0.2, 0.25) is 0 Å². The molecule has 1 atom stereocenters. The van der Waals surface area contributed by atoms with Gasteiger partial charge in [0.05, 0.1) is 0 Å². The van der Waals surface area contributed by atoms with Gasteiger partial charge >= 0.3 is 5.97 Å². The molecular weight excluding hydrogens is 286 g/mol. The summed E-state index contributed by atoms with van der Waals surface area (Å²) in [6, 6.07) is 7.42. The lowest BCUT2D eigenvalue weighted by molar-refractivity contribution is -0.131. The number of nitrogens with one attached hydrogen (secondary N) is 1. The number of hydrogen-bond donors (Lipinski definition) is 1. The third-order valence-electron chi connectivity index (χ3n) is 2.91. The monoisotopic (exact) mass is 313 g/mol. The molecule has 1 aliphatic carbocycles. The Morgan fingerprint density at radius 1 is 1.22 bits per heavy atom. The molecule has 2 rings (SSSR count). The molecule has 23 heavy (non-hydrogen) atoms. The van der Waals surface area contributed by atoms with E-state index in [1.165, 1.54) is 12.6 Å². The van der Waals surface area contributed by atoms with Crippen LogP contribution in [0.3, 0.4) is 0 Å². The maximum atomic E-state index is 10.5. The van der Waals surface area contributed by atoms with E-state index in [2.05, 4.69) is 55.8 Å². The first kappa shape index (κ1) is 20.5. The zero-order valence-electron chi connectivity index (χ0n) is 14.5. The highest BCUT2D eigenvalue weighted by atomic mass is 16.5. The van der Waals surface area contributed by atoms with E-state index >= 15 is 0 Å². The van der Waals surface area contributed by atoms with Gasteiger partial charge in [0, 0.05) is 19.7 Å². The van der Waals surface area contributed by atoms with Crippen molar-refractivity contribution in [2.24, 2.45) is 5.92 Å². The normalized spacial score (nSPS) is 15.0. The second kappa shape index (κ2) is 12.0. The highest BCUT2D eigenvalue weighted by Gasteiger charge is 1.99. The fourth-order valence-electron chi connectivity index (χ4n) is 1.70. The fraction of sp³-hybridized carbons (Fsp3) is 0.250. The lowest BCUT2D eigenvalue weighted by Gasteiger charge is -2.02. The van der Waals surface area contributed by atoms with Crippen LogP contribution in [0.5, 0.6) is 5.75 Å². The Morgan fingerprint density at radius 2 is 1.87 bits per heavy atom. The van der Waals surface area contributed by atoms with Gasteiger partial charge in [0.15, 0.2) is 0 Å². The maximum absolute atomic E-state index is 10.5. The first-order valence-electron chi connectivity index (χ1n) is 7.51. The van der Waals surface area contributed by atoms with Gasteiger partial charge < -0.3 is 10.1 Å². The van der Waals surface area contributed by atoms with Crippen LogP contribution in [0.4, 0.5) is 0 Å². The standard InChI is InChI=1S/C9H13N.C9H10O2.C2H4/c1-8-4-3-5-9(10-2)7-6-8;1-7-5-3-4-6-9(7)11-8(2)10;1-2/h3-8,10H,1-2H3;3-6H,1-2H3;1-2H2. The van der Waals surface area contributed by atoms with E-state index in [1.807, 2.05) is 32.2 Å². The van der Waals surface area contributed by atoms with Crippen molar-refractivity contribution in [3.05, 3.63) is 79.1 Å². The van der Waals surface area contributed by atoms with Crippen molar-refractivity contribution in [2.75, 3.05) is 7.05 Å². The molecule has 0 bridgehead atoms.